The number of hydrogen-bond acceptors (Lipinski definition) is 5. The molecular formula is C17H20N2O3S. The largest absolute Gasteiger partial charge is 0.494 e. The monoisotopic (exact) mass is 332 g/mol. The maximum absolute atomic E-state index is 12.6. The fourth-order valence-electron chi connectivity index (χ4n) is 2.49. The van der Waals surface area contributed by atoms with Crippen molar-refractivity contribution in [1.82, 2.24) is 9.88 Å². The first kappa shape index (κ1) is 16.0. The van der Waals surface area contributed by atoms with Gasteiger partial charge in [0.25, 0.3) is 5.91 Å². The van der Waals surface area contributed by atoms with E-state index < -0.39 is 0 Å². The van der Waals surface area contributed by atoms with Crippen LogP contribution in [0.3, 0.4) is 0 Å². The third-order valence-electron chi connectivity index (χ3n) is 3.70. The van der Waals surface area contributed by atoms with Crippen molar-refractivity contribution in [2.24, 2.45) is 0 Å². The highest BCUT2D eigenvalue weighted by atomic mass is 32.1. The van der Waals surface area contributed by atoms with E-state index in [1.807, 2.05) is 43.0 Å². The molecule has 6 heteroatoms. The van der Waals surface area contributed by atoms with Crippen molar-refractivity contribution >= 4 is 17.2 Å². The summed E-state index contributed by atoms with van der Waals surface area (Å²) in [4.78, 5) is 19.8. The molecular weight excluding hydrogens is 312 g/mol. The van der Waals surface area contributed by atoms with Gasteiger partial charge in [0.2, 0.25) is 0 Å². The van der Waals surface area contributed by atoms with Gasteiger partial charge >= 0.3 is 0 Å². The average Bonchev–Trinajstić information content (AvgIpc) is 2.98. The first-order chi connectivity index (χ1) is 11.2. The van der Waals surface area contributed by atoms with Crippen LogP contribution in [-0.2, 0) is 4.74 Å². The number of rotatable bonds is 4. The van der Waals surface area contributed by atoms with Gasteiger partial charge in [0.05, 0.1) is 25.5 Å². The first-order valence-corrected chi connectivity index (χ1v) is 8.58. The van der Waals surface area contributed by atoms with E-state index in [2.05, 4.69) is 4.98 Å². The van der Waals surface area contributed by atoms with E-state index in [4.69, 9.17) is 9.47 Å². The summed E-state index contributed by atoms with van der Waals surface area (Å²) in [7, 11) is 0. The molecule has 1 aromatic heterocycles. The summed E-state index contributed by atoms with van der Waals surface area (Å²) in [5.41, 5.74) is 1.79. The van der Waals surface area contributed by atoms with Gasteiger partial charge < -0.3 is 14.4 Å². The number of amides is 1. The van der Waals surface area contributed by atoms with Gasteiger partial charge in [0.1, 0.15) is 15.6 Å². The minimum atomic E-state index is 0.0560. The minimum Gasteiger partial charge on any atom is -0.494 e. The fraction of sp³-hybridized carbons (Fsp3) is 0.412. The maximum Gasteiger partial charge on any atom is 0.266 e. The highest BCUT2D eigenvalue weighted by molar-refractivity contribution is 7.17. The van der Waals surface area contributed by atoms with E-state index >= 15 is 0 Å². The first-order valence-electron chi connectivity index (χ1n) is 7.76. The molecule has 1 aromatic carbocycles. The number of aryl methyl sites for hydroxylation is 1. The molecule has 1 aliphatic heterocycles. The summed E-state index contributed by atoms with van der Waals surface area (Å²) < 4.78 is 10.8. The quantitative estimate of drug-likeness (QED) is 0.864. The van der Waals surface area contributed by atoms with Gasteiger partial charge in [-0.15, -0.1) is 11.3 Å². The maximum atomic E-state index is 12.6. The van der Waals surface area contributed by atoms with E-state index in [1.165, 1.54) is 11.3 Å². The predicted octanol–water partition coefficient (Wildman–Crippen LogP) is 2.99. The Morgan fingerprint density at radius 2 is 2.00 bits per heavy atom. The van der Waals surface area contributed by atoms with Crippen LogP contribution in [0.5, 0.6) is 5.75 Å². The molecule has 0 atom stereocenters. The van der Waals surface area contributed by atoms with Crippen LogP contribution in [0.4, 0.5) is 0 Å². The average molecular weight is 332 g/mol. The van der Waals surface area contributed by atoms with Gasteiger partial charge in [-0.2, -0.15) is 0 Å². The zero-order valence-corrected chi connectivity index (χ0v) is 14.2. The number of aromatic nitrogens is 1. The number of carbonyl (C=O) groups is 1. The summed E-state index contributed by atoms with van der Waals surface area (Å²) >= 11 is 1.45. The van der Waals surface area contributed by atoms with E-state index in [0.717, 1.165) is 26.9 Å². The van der Waals surface area contributed by atoms with Crippen molar-refractivity contribution in [3.8, 4) is 16.3 Å². The lowest BCUT2D eigenvalue weighted by Gasteiger charge is -2.26. The fourth-order valence-corrected chi connectivity index (χ4v) is 3.53. The van der Waals surface area contributed by atoms with E-state index in [0.29, 0.717) is 32.9 Å². The minimum absolute atomic E-state index is 0.0560. The Labute approximate surface area is 139 Å². The normalized spacial score (nSPS) is 14.8. The van der Waals surface area contributed by atoms with Gasteiger partial charge in [-0.1, -0.05) is 0 Å². The molecule has 0 spiro atoms. The van der Waals surface area contributed by atoms with E-state index in [1.54, 1.807) is 0 Å². The molecule has 0 radical (unpaired) electrons. The number of nitrogens with zero attached hydrogens (tertiary/aromatic N) is 2. The third-order valence-corrected chi connectivity index (χ3v) is 4.90. The lowest BCUT2D eigenvalue weighted by atomic mass is 10.2. The summed E-state index contributed by atoms with van der Waals surface area (Å²) in [5, 5.41) is 0.863. The van der Waals surface area contributed by atoms with Crippen LogP contribution in [0.25, 0.3) is 10.6 Å². The zero-order chi connectivity index (χ0) is 16.2. The highest BCUT2D eigenvalue weighted by Gasteiger charge is 2.23. The molecule has 122 valence electrons. The summed E-state index contributed by atoms with van der Waals surface area (Å²) in [6.07, 6.45) is 0. The Morgan fingerprint density at radius 1 is 1.30 bits per heavy atom. The Bertz CT molecular complexity index is 676. The van der Waals surface area contributed by atoms with Gasteiger partial charge in [-0.25, -0.2) is 4.98 Å². The zero-order valence-electron chi connectivity index (χ0n) is 13.4. The van der Waals surface area contributed by atoms with Crippen molar-refractivity contribution in [2.75, 3.05) is 32.9 Å². The van der Waals surface area contributed by atoms with Crippen molar-refractivity contribution in [3.05, 3.63) is 34.8 Å². The predicted molar refractivity (Wildman–Crippen MR) is 90.2 cm³/mol. The second kappa shape index (κ2) is 7.10. The Hall–Kier alpha value is -1.92. The molecule has 0 bridgehead atoms. The van der Waals surface area contributed by atoms with Crippen LogP contribution in [0.2, 0.25) is 0 Å². The molecule has 3 rings (SSSR count). The summed E-state index contributed by atoms with van der Waals surface area (Å²) in [6, 6.07) is 7.82. The molecule has 2 aromatic rings. The Morgan fingerprint density at radius 3 is 2.65 bits per heavy atom. The highest BCUT2D eigenvalue weighted by Crippen LogP contribution is 2.30. The van der Waals surface area contributed by atoms with Crippen LogP contribution in [0.15, 0.2) is 24.3 Å². The molecule has 1 aliphatic rings. The molecule has 0 aliphatic carbocycles. The number of morpholine rings is 1. The second-order valence-electron chi connectivity index (χ2n) is 5.30. The van der Waals surface area contributed by atoms with Gasteiger partial charge in [0, 0.05) is 18.7 Å². The topological polar surface area (TPSA) is 51.7 Å². The van der Waals surface area contributed by atoms with Crippen LogP contribution in [0.1, 0.15) is 22.3 Å². The van der Waals surface area contributed by atoms with Crippen molar-refractivity contribution in [2.45, 2.75) is 13.8 Å². The van der Waals surface area contributed by atoms with Gasteiger partial charge in [-0.3, -0.25) is 4.79 Å². The SMILES string of the molecule is CCOc1ccc(-c2nc(C)c(C(=O)N3CCOCC3)s2)cc1. The molecule has 1 saturated heterocycles. The molecule has 0 N–H and O–H groups in total. The molecule has 1 amide bonds. The Kier molecular flexibility index (Phi) is 4.93. The molecule has 1 fully saturated rings. The molecule has 23 heavy (non-hydrogen) atoms. The van der Waals surface area contributed by atoms with Crippen molar-refractivity contribution in [1.29, 1.82) is 0 Å². The lowest BCUT2D eigenvalue weighted by molar-refractivity contribution is 0.0305. The van der Waals surface area contributed by atoms with E-state index in [9.17, 15) is 4.79 Å². The molecule has 0 saturated carbocycles. The number of ether oxygens (including phenoxy) is 2. The third kappa shape index (κ3) is 3.54. The number of hydrogen-bond donors (Lipinski definition) is 0. The standard InChI is InChI=1S/C17H20N2O3S/c1-3-22-14-6-4-13(5-7-14)16-18-12(2)15(23-16)17(20)19-8-10-21-11-9-19/h4-7H,3,8-11H2,1-2H3. The number of carbonyl (C=O) groups excluding carboxylic acids is 1. The number of thiazole rings is 1. The van der Waals surface area contributed by atoms with Crippen molar-refractivity contribution < 1.29 is 14.3 Å². The smallest absolute Gasteiger partial charge is 0.266 e. The van der Waals surface area contributed by atoms with Crippen LogP contribution in [-0.4, -0.2) is 48.7 Å². The molecule has 0 unspecified atom stereocenters. The van der Waals surface area contributed by atoms with E-state index in [-0.39, 0.29) is 5.91 Å². The molecule has 2 heterocycles. The van der Waals surface area contributed by atoms with Gasteiger partial charge in [0.15, 0.2) is 0 Å². The molecule has 5 nitrogen and oxygen atoms in total. The summed E-state index contributed by atoms with van der Waals surface area (Å²) in [5.74, 6) is 0.898. The Balaban J connectivity index is 1.81. The van der Waals surface area contributed by atoms with Crippen LogP contribution >= 0.6 is 11.3 Å². The second-order valence-corrected chi connectivity index (χ2v) is 6.29. The van der Waals surface area contributed by atoms with Crippen LogP contribution in [0, 0.1) is 6.92 Å². The number of benzene rings is 1. The lowest BCUT2D eigenvalue weighted by Crippen LogP contribution is -2.40. The van der Waals surface area contributed by atoms with Crippen LogP contribution < -0.4 is 4.74 Å². The van der Waals surface area contributed by atoms with Crippen molar-refractivity contribution in [3.63, 3.8) is 0 Å². The van der Waals surface area contributed by atoms with Gasteiger partial charge in [-0.05, 0) is 38.1 Å². The summed E-state index contributed by atoms with van der Waals surface area (Å²) in [6.45, 7) is 7.01.